The van der Waals surface area contributed by atoms with Crippen LogP contribution in [0.3, 0.4) is 0 Å². The number of amides is 1. The lowest BCUT2D eigenvalue weighted by molar-refractivity contribution is 0.0979. The molecule has 0 radical (unpaired) electrons. The molecule has 2 aromatic heterocycles. The van der Waals surface area contributed by atoms with Crippen molar-refractivity contribution in [3.8, 4) is 5.69 Å². The highest BCUT2D eigenvalue weighted by atomic mass is 16.1. The van der Waals surface area contributed by atoms with E-state index in [1.165, 1.54) is 16.9 Å². The fraction of sp³-hybridized carbons (Fsp3) is 0.167. The number of rotatable bonds is 4. The van der Waals surface area contributed by atoms with Crippen molar-refractivity contribution >= 4 is 11.7 Å². The molecule has 0 aliphatic carbocycles. The van der Waals surface area contributed by atoms with Crippen LogP contribution in [-0.4, -0.2) is 26.5 Å². The van der Waals surface area contributed by atoms with Crippen LogP contribution in [0.15, 0.2) is 30.6 Å². The Balaban J connectivity index is 2.28. The van der Waals surface area contributed by atoms with E-state index in [1.807, 2.05) is 0 Å². The number of Topliss-reactive ketones (excluding diaryl/α,β-unsaturated/α-hetero) is 1. The molecule has 2 heterocycles. The number of hydrogen-bond acceptors (Lipinski definition) is 4. The number of primary amides is 1. The Labute approximate surface area is 103 Å². The predicted octanol–water partition coefficient (Wildman–Crippen LogP) is 0.959. The monoisotopic (exact) mass is 244 g/mol. The zero-order valence-corrected chi connectivity index (χ0v) is 9.83. The molecule has 0 aromatic carbocycles. The minimum Gasteiger partial charge on any atom is -0.364 e. The first-order valence-corrected chi connectivity index (χ1v) is 5.47. The van der Waals surface area contributed by atoms with Gasteiger partial charge in [0, 0.05) is 12.6 Å². The van der Waals surface area contributed by atoms with E-state index >= 15 is 0 Å². The number of nitrogens with two attached hydrogens (primary N) is 1. The summed E-state index contributed by atoms with van der Waals surface area (Å²) in [5.74, 6) is -0.598. The lowest BCUT2D eigenvalue weighted by Crippen LogP contribution is -2.12. The Morgan fingerprint density at radius 3 is 2.56 bits per heavy atom. The van der Waals surface area contributed by atoms with Gasteiger partial charge in [0.25, 0.3) is 5.91 Å². The minimum atomic E-state index is -0.584. The molecule has 18 heavy (non-hydrogen) atoms. The minimum absolute atomic E-state index is 0.0140. The molecule has 0 fully saturated rings. The van der Waals surface area contributed by atoms with Gasteiger partial charge >= 0.3 is 0 Å². The van der Waals surface area contributed by atoms with E-state index in [0.29, 0.717) is 17.8 Å². The van der Waals surface area contributed by atoms with Gasteiger partial charge in [0.15, 0.2) is 5.78 Å². The second kappa shape index (κ2) is 4.79. The summed E-state index contributed by atoms with van der Waals surface area (Å²) in [5, 5.41) is 3.99. The number of hydrogen-bond donors (Lipinski definition) is 1. The fourth-order valence-corrected chi connectivity index (χ4v) is 1.47. The van der Waals surface area contributed by atoms with Crippen LogP contribution >= 0.6 is 0 Å². The van der Waals surface area contributed by atoms with Crippen LogP contribution in [0.1, 0.15) is 34.3 Å². The summed E-state index contributed by atoms with van der Waals surface area (Å²) in [7, 11) is 0. The van der Waals surface area contributed by atoms with Crippen LogP contribution in [0.4, 0.5) is 0 Å². The Morgan fingerprint density at radius 2 is 2.06 bits per heavy atom. The Hall–Kier alpha value is -2.50. The molecule has 2 rings (SSSR count). The first-order chi connectivity index (χ1) is 8.61. The molecule has 0 saturated heterocycles. The molecule has 0 bridgehead atoms. The van der Waals surface area contributed by atoms with Crippen LogP contribution < -0.4 is 5.73 Å². The van der Waals surface area contributed by atoms with E-state index in [-0.39, 0.29) is 11.5 Å². The summed E-state index contributed by atoms with van der Waals surface area (Å²) in [4.78, 5) is 26.4. The molecule has 0 atom stereocenters. The largest absolute Gasteiger partial charge is 0.364 e. The zero-order valence-electron chi connectivity index (χ0n) is 9.83. The van der Waals surface area contributed by atoms with Crippen LogP contribution in [-0.2, 0) is 0 Å². The Kier molecular flexibility index (Phi) is 3.18. The van der Waals surface area contributed by atoms with E-state index in [9.17, 15) is 9.59 Å². The van der Waals surface area contributed by atoms with Crippen molar-refractivity contribution in [2.24, 2.45) is 5.73 Å². The summed E-state index contributed by atoms with van der Waals surface area (Å²) in [6, 6.07) is 4.87. The number of ketones is 1. The molecule has 0 unspecified atom stereocenters. The summed E-state index contributed by atoms with van der Waals surface area (Å²) < 4.78 is 1.48. The van der Waals surface area contributed by atoms with Gasteiger partial charge in [-0.25, -0.2) is 4.68 Å². The van der Waals surface area contributed by atoms with Gasteiger partial charge in [-0.15, -0.1) is 0 Å². The molecule has 2 aromatic rings. The van der Waals surface area contributed by atoms with Gasteiger partial charge in [-0.3, -0.25) is 14.6 Å². The average Bonchev–Trinajstić information content (AvgIpc) is 2.88. The van der Waals surface area contributed by atoms with E-state index in [2.05, 4.69) is 10.1 Å². The number of nitrogens with zero attached hydrogens (tertiary/aromatic N) is 3. The number of carbonyl (C=O) groups is 2. The van der Waals surface area contributed by atoms with Gasteiger partial charge in [-0.2, -0.15) is 5.10 Å². The van der Waals surface area contributed by atoms with Crippen molar-refractivity contribution in [3.05, 3.63) is 42.0 Å². The van der Waals surface area contributed by atoms with Crippen LogP contribution in [0, 0.1) is 0 Å². The van der Waals surface area contributed by atoms with Gasteiger partial charge in [-0.05, 0) is 18.2 Å². The van der Waals surface area contributed by atoms with E-state index < -0.39 is 5.91 Å². The summed E-state index contributed by atoms with van der Waals surface area (Å²) >= 11 is 0. The molecular formula is C12H12N4O2. The zero-order chi connectivity index (χ0) is 13.1. The van der Waals surface area contributed by atoms with Crippen LogP contribution in [0.5, 0.6) is 0 Å². The van der Waals surface area contributed by atoms with Gasteiger partial charge in [0.2, 0.25) is 0 Å². The molecule has 92 valence electrons. The number of pyridine rings is 1. The van der Waals surface area contributed by atoms with Crippen LogP contribution in [0.25, 0.3) is 5.69 Å². The highest BCUT2D eigenvalue weighted by molar-refractivity contribution is 5.94. The van der Waals surface area contributed by atoms with Gasteiger partial charge < -0.3 is 5.73 Å². The van der Waals surface area contributed by atoms with E-state index in [0.717, 1.165) is 0 Å². The Bertz CT molecular complexity index is 586. The smallest absolute Gasteiger partial charge is 0.269 e. The van der Waals surface area contributed by atoms with E-state index in [1.54, 1.807) is 25.3 Å². The molecule has 6 heteroatoms. The van der Waals surface area contributed by atoms with Crippen molar-refractivity contribution in [2.45, 2.75) is 13.3 Å². The maximum atomic E-state index is 11.4. The maximum Gasteiger partial charge on any atom is 0.269 e. The first-order valence-electron chi connectivity index (χ1n) is 5.47. The first kappa shape index (κ1) is 12.0. The molecule has 0 spiro atoms. The van der Waals surface area contributed by atoms with Crippen molar-refractivity contribution in [1.29, 1.82) is 0 Å². The van der Waals surface area contributed by atoms with Crippen molar-refractivity contribution in [1.82, 2.24) is 14.8 Å². The highest BCUT2D eigenvalue weighted by Crippen LogP contribution is 2.08. The van der Waals surface area contributed by atoms with E-state index in [4.69, 9.17) is 5.73 Å². The second-order valence-electron chi connectivity index (χ2n) is 3.69. The topological polar surface area (TPSA) is 90.9 Å². The lowest BCUT2D eigenvalue weighted by Gasteiger charge is -2.01. The third kappa shape index (κ3) is 2.27. The van der Waals surface area contributed by atoms with Gasteiger partial charge in [0.1, 0.15) is 11.4 Å². The average molecular weight is 244 g/mol. The molecular weight excluding hydrogens is 232 g/mol. The SMILES string of the molecule is CCC(=O)c1ccc(-n2ccc(C(N)=O)n2)cn1. The fourth-order valence-electron chi connectivity index (χ4n) is 1.47. The van der Waals surface area contributed by atoms with Crippen LogP contribution in [0.2, 0.25) is 0 Å². The summed E-state index contributed by atoms with van der Waals surface area (Å²) in [6.07, 6.45) is 3.55. The van der Waals surface area contributed by atoms with Crippen molar-refractivity contribution < 1.29 is 9.59 Å². The summed E-state index contributed by atoms with van der Waals surface area (Å²) in [5.41, 5.74) is 6.38. The molecule has 0 aliphatic rings. The lowest BCUT2D eigenvalue weighted by atomic mass is 10.2. The molecule has 0 aliphatic heterocycles. The number of carbonyl (C=O) groups excluding carboxylic acids is 2. The standard InChI is InChI=1S/C12H12N4O2/c1-2-11(17)9-4-3-8(7-14-9)16-6-5-10(15-16)12(13)18/h3-7H,2H2,1H3,(H2,13,18). The third-order valence-corrected chi connectivity index (χ3v) is 2.46. The highest BCUT2D eigenvalue weighted by Gasteiger charge is 2.08. The second-order valence-corrected chi connectivity index (χ2v) is 3.69. The van der Waals surface area contributed by atoms with Crippen molar-refractivity contribution in [3.63, 3.8) is 0 Å². The maximum absolute atomic E-state index is 11.4. The molecule has 0 saturated carbocycles. The molecule has 2 N–H and O–H groups in total. The van der Waals surface area contributed by atoms with Gasteiger partial charge in [0.05, 0.1) is 11.9 Å². The summed E-state index contributed by atoms with van der Waals surface area (Å²) in [6.45, 7) is 1.78. The van der Waals surface area contributed by atoms with Gasteiger partial charge in [-0.1, -0.05) is 6.92 Å². The number of aromatic nitrogens is 3. The normalized spacial score (nSPS) is 10.3. The quantitative estimate of drug-likeness (QED) is 0.811. The van der Waals surface area contributed by atoms with Crippen molar-refractivity contribution in [2.75, 3.05) is 0 Å². The third-order valence-electron chi connectivity index (χ3n) is 2.46. The Morgan fingerprint density at radius 1 is 1.28 bits per heavy atom. The molecule has 6 nitrogen and oxygen atoms in total. The molecule has 1 amide bonds. The predicted molar refractivity (Wildman–Crippen MR) is 64.5 cm³/mol.